The van der Waals surface area contributed by atoms with Crippen LogP contribution in [-0.2, 0) is 17.6 Å². The summed E-state index contributed by atoms with van der Waals surface area (Å²) in [5, 5.41) is 16.4. The van der Waals surface area contributed by atoms with Crippen LogP contribution in [0, 0.1) is 0 Å². The molecule has 0 spiro atoms. The molecule has 1 aliphatic rings. The average Bonchev–Trinajstić information content (AvgIpc) is 2.79. The van der Waals surface area contributed by atoms with Crippen LogP contribution in [0.4, 0.5) is 5.69 Å². The van der Waals surface area contributed by atoms with Crippen molar-refractivity contribution in [2.75, 3.05) is 46.3 Å². The molecule has 3 rings (SSSR count). The number of anilines is 1. The number of aliphatic hydroxyl groups excluding tert-OH is 1. The fourth-order valence-electron chi connectivity index (χ4n) is 3.52. The van der Waals surface area contributed by atoms with Crippen LogP contribution in [0.5, 0.6) is 23.0 Å². The highest BCUT2D eigenvalue weighted by Gasteiger charge is 2.22. The highest BCUT2D eigenvalue weighted by atomic mass is 16.5. The van der Waals surface area contributed by atoms with E-state index < -0.39 is 6.10 Å². The Bertz CT molecular complexity index is 902. The van der Waals surface area contributed by atoms with E-state index in [4.69, 9.17) is 18.9 Å². The molecule has 2 aromatic rings. The summed E-state index contributed by atoms with van der Waals surface area (Å²) in [5.41, 5.74) is 2.66. The monoisotopic (exact) mass is 430 g/mol. The summed E-state index contributed by atoms with van der Waals surface area (Å²) in [6.45, 7) is 1.26. The van der Waals surface area contributed by atoms with Gasteiger partial charge < -0.3 is 34.7 Å². The molecule has 0 saturated heterocycles. The number of amides is 1. The maximum absolute atomic E-state index is 11.7. The van der Waals surface area contributed by atoms with Crippen LogP contribution >= 0.6 is 0 Å². The van der Waals surface area contributed by atoms with Crippen molar-refractivity contribution in [2.45, 2.75) is 25.4 Å². The first kappa shape index (κ1) is 22.7. The molecule has 3 N–H and O–H groups in total. The summed E-state index contributed by atoms with van der Waals surface area (Å²) in [4.78, 5) is 11.7. The fourth-order valence-corrected chi connectivity index (χ4v) is 3.52. The molecular formula is C23H30N2O6. The molecule has 168 valence electrons. The molecule has 0 bridgehead atoms. The Morgan fingerprint density at radius 2 is 1.71 bits per heavy atom. The van der Waals surface area contributed by atoms with Crippen LogP contribution in [0.15, 0.2) is 30.3 Å². The van der Waals surface area contributed by atoms with E-state index in [1.807, 2.05) is 24.3 Å². The maximum Gasteiger partial charge on any atom is 0.224 e. The lowest BCUT2D eigenvalue weighted by Gasteiger charge is -2.23. The molecule has 0 fully saturated rings. The van der Waals surface area contributed by atoms with Crippen molar-refractivity contribution in [1.82, 2.24) is 5.32 Å². The number of benzene rings is 2. The van der Waals surface area contributed by atoms with E-state index in [1.54, 1.807) is 27.4 Å². The first-order valence-electron chi connectivity index (χ1n) is 10.3. The molecule has 1 heterocycles. The average molecular weight is 431 g/mol. The van der Waals surface area contributed by atoms with Gasteiger partial charge in [0.05, 0.1) is 27.0 Å². The third-order valence-corrected chi connectivity index (χ3v) is 5.17. The molecule has 0 aromatic heterocycles. The quantitative estimate of drug-likeness (QED) is 0.470. The van der Waals surface area contributed by atoms with Gasteiger partial charge in [-0.05, 0) is 49.2 Å². The number of fused-ring (bicyclic) bond motifs is 1. The Balaban J connectivity index is 1.46. The van der Waals surface area contributed by atoms with Gasteiger partial charge in [-0.25, -0.2) is 0 Å². The topological polar surface area (TPSA) is 98.3 Å². The van der Waals surface area contributed by atoms with Gasteiger partial charge in [0.2, 0.25) is 5.91 Å². The van der Waals surface area contributed by atoms with Gasteiger partial charge in [0.1, 0.15) is 24.2 Å². The summed E-state index contributed by atoms with van der Waals surface area (Å²) >= 11 is 0. The second-order valence-corrected chi connectivity index (χ2v) is 7.28. The first-order valence-corrected chi connectivity index (χ1v) is 10.3. The standard InChI is InChI=1S/C23H30N2O6/c1-28-19-6-4-15(12-21(19)30-3)10-11-24-13-16(26)14-31-18-7-8-20(29-2)23-17(18)5-9-22(27)25-23/h4,6-8,12,16,24,26H,5,9-11,13-14H2,1-3H3,(H,25,27). The van der Waals surface area contributed by atoms with E-state index >= 15 is 0 Å². The number of methoxy groups -OCH3 is 3. The van der Waals surface area contributed by atoms with E-state index in [0.29, 0.717) is 54.6 Å². The normalized spacial score (nSPS) is 13.7. The minimum atomic E-state index is -0.665. The number of carbonyl (C=O) groups excluding carboxylic acids is 1. The van der Waals surface area contributed by atoms with Gasteiger partial charge >= 0.3 is 0 Å². The van der Waals surface area contributed by atoms with Gasteiger partial charge in [-0.1, -0.05) is 6.07 Å². The molecule has 31 heavy (non-hydrogen) atoms. The molecule has 8 heteroatoms. The third-order valence-electron chi connectivity index (χ3n) is 5.17. The highest BCUT2D eigenvalue weighted by Crippen LogP contribution is 2.38. The lowest BCUT2D eigenvalue weighted by atomic mass is 10.0. The minimum absolute atomic E-state index is 0.0401. The molecule has 1 amide bonds. The van der Waals surface area contributed by atoms with Crippen LogP contribution in [0.1, 0.15) is 17.5 Å². The molecular weight excluding hydrogens is 400 g/mol. The Morgan fingerprint density at radius 3 is 2.45 bits per heavy atom. The zero-order valence-corrected chi connectivity index (χ0v) is 18.2. The van der Waals surface area contributed by atoms with Crippen molar-refractivity contribution in [3.8, 4) is 23.0 Å². The SMILES string of the molecule is COc1ccc(CCNCC(O)COc2ccc(OC)c3c2CCC(=O)N3)cc1OC. The summed E-state index contributed by atoms with van der Waals surface area (Å²) in [5.74, 6) is 2.62. The van der Waals surface area contributed by atoms with Gasteiger partial charge in [-0.2, -0.15) is 0 Å². The number of hydrogen-bond donors (Lipinski definition) is 3. The van der Waals surface area contributed by atoms with Gasteiger partial charge in [-0.3, -0.25) is 4.79 Å². The number of rotatable bonds is 11. The molecule has 8 nitrogen and oxygen atoms in total. The molecule has 1 atom stereocenters. The van der Waals surface area contributed by atoms with E-state index in [2.05, 4.69) is 10.6 Å². The van der Waals surface area contributed by atoms with Crippen LogP contribution in [-0.4, -0.2) is 58.1 Å². The third kappa shape index (κ3) is 5.80. The number of nitrogens with one attached hydrogen (secondary N) is 2. The number of aliphatic hydroxyl groups is 1. The lowest BCUT2D eigenvalue weighted by molar-refractivity contribution is -0.116. The molecule has 0 aliphatic carbocycles. The van der Waals surface area contributed by atoms with Gasteiger partial charge in [0.25, 0.3) is 0 Å². The van der Waals surface area contributed by atoms with Crippen LogP contribution < -0.4 is 29.6 Å². The first-order chi connectivity index (χ1) is 15.0. The Hall–Kier alpha value is -2.97. The summed E-state index contributed by atoms with van der Waals surface area (Å²) in [6, 6.07) is 9.40. The Morgan fingerprint density at radius 1 is 1.00 bits per heavy atom. The number of ether oxygens (including phenoxy) is 4. The second-order valence-electron chi connectivity index (χ2n) is 7.28. The smallest absolute Gasteiger partial charge is 0.224 e. The van der Waals surface area contributed by atoms with E-state index in [0.717, 1.165) is 17.5 Å². The molecule has 2 aromatic carbocycles. The molecule has 1 unspecified atom stereocenters. The number of carbonyl (C=O) groups is 1. The van der Waals surface area contributed by atoms with Gasteiger partial charge in [-0.15, -0.1) is 0 Å². The molecule has 1 aliphatic heterocycles. The van der Waals surface area contributed by atoms with Gasteiger partial charge in [0.15, 0.2) is 11.5 Å². The summed E-state index contributed by atoms with van der Waals surface area (Å²) < 4.78 is 21.7. The van der Waals surface area contributed by atoms with Gasteiger partial charge in [0, 0.05) is 18.5 Å². The van der Waals surface area contributed by atoms with Crippen molar-refractivity contribution < 1.29 is 28.8 Å². The predicted octanol–water partition coefficient (Wildman–Crippen LogP) is 2.17. The highest BCUT2D eigenvalue weighted by molar-refractivity contribution is 5.96. The molecule has 0 saturated carbocycles. The van der Waals surface area contributed by atoms with Crippen molar-refractivity contribution in [2.24, 2.45) is 0 Å². The largest absolute Gasteiger partial charge is 0.495 e. The zero-order chi connectivity index (χ0) is 22.2. The van der Waals surface area contributed by atoms with E-state index in [-0.39, 0.29) is 12.5 Å². The fraction of sp³-hybridized carbons (Fsp3) is 0.435. The van der Waals surface area contributed by atoms with Crippen molar-refractivity contribution >= 4 is 11.6 Å². The Kier molecular flexibility index (Phi) is 7.97. The lowest BCUT2D eigenvalue weighted by Crippen LogP contribution is -2.32. The number of hydrogen-bond acceptors (Lipinski definition) is 7. The second kappa shape index (κ2) is 10.9. The minimum Gasteiger partial charge on any atom is -0.495 e. The van der Waals surface area contributed by atoms with E-state index in [9.17, 15) is 9.90 Å². The zero-order valence-electron chi connectivity index (χ0n) is 18.2. The molecule has 0 radical (unpaired) electrons. The predicted molar refractivity (Wildman–Crippen MR) is 118 cm³/mol. The van der Waals surface area contributed by atoms with Crippen molar-refractivity contribution in [3.63, 3.8) is 0 Å². The summed E-state index contributed by atoms with van der Waals surface area (Å²) in [6.07, 6.45) is 1.10. The summed E-state index contributed by atoms with van der Waals surface area (Å²) in [7, 11) is 4.79. The Labute approximate surface area is 182 Å². The van der Waals surface area contributed by atoms with Crippen LogP contribution in [0.25, 0.3) is 0 Å². The van der Waals surface area contributed by atoms with E-state index in [1.165, 1.54) is 0 Å². The van der Waals surface area contributed by atoms with Crippen molar-refractivity contribution in [3.05, 3.63) is 41.5 Å². The maximum atomic E-state index is 11.7. The van der Waals surface area contributed by atoms with Crippen LogP contribution in [0.3, 0.4) is 0 Å². The van der Waals surface area contributed by atoms with Crippen molar-refractivity contribution in [1.29, 1.82) is 0 Å². The van der Waals surface area contributed by atoms with Crippen LogP contribution in [0.2, 0.25) is 0 Å².